The lowest BCUT2D eigenvalue weighted by atomic mass is 10.0. The molecule has 402 valence electrons. The normalized spacial score (nSPS) is 15.3. The first-order valence-corrected chi connectivity index (χ1v) is 25.2. The fourth-order valence-corrected chi connectivity index (χ4v) is 8.60. The van der Waals surface area contributed by atoms with Gasteiger partial charge in [-0.1, -0.05) is 60.7 Å². The lowest BCUT2D eigenvalue weighted by Crippen LogP contribution is -2.62. The van der Waals surface area contributed by atoms with Crippen LogP contribution in [-0.2, 0) is 57.6 Å². The maximum Gasteiger partial charge on any atom is 0.245 e. The van der Waals surface area contributed by atoms with Gasteiger partial charge in [0.25, 0.3) is 0 Å². The maximum atomic E-state index is 14.7. The van der Waals surface area contributed by atoms with Gasteiger partial charge in [-0.25, -0.2) is 0 Å². The first kappa shape index (κ1) is 59.9. The predicted octanol–water partition coefficient (Wildman–Crippen LogP) is -1.80. The zero-order valence-electron chi connectivity index (χ0n) is 41.4. The number of carbonyl (C=O) groups is 8. The standard InChI is InChI=1S/C50H69N11O11S2/c1-27(62)41(43(53)65)59-47(69)39(25-73)58-49(71)42(28(2)63)60-44(66)36(15-9-10-20-51)55-46(68)38(23-31-24-54-35-14-8-7-13-33(31)35)56-45(67)37(22-29-11-5-4-6-12-29)57-48(70)40(26-74)61(3)50(72)34(52)21-30-16-18-32(64)19-17-30/h4-8,11-14,16-19,24,27-28,34,36-42,54,62-64,73-74H,9-10,15,20-23,25-26,51-52H2,1-3H3,(H2,53,65)(H,55,68)(H,56,67)(H,57,70)(H,58,71)(H,59,69)(H,60,66)/t27-,28-,34+,36+,37+,38-,39+,40+,41+,42+/m1/s1. The van der Waals surface area contributed by atoms with E-state index in [2.05, 4.69) is 62.1 Å². The van der Waals surface area contributed by atoms with E-state index in [1.54, 1.807) is 54.7 Å². The number of phenols is 1. The number of H-pyrrole nitrogens is 1. The van der Waals surface area contributed by atoms with Gasteiger partial charge in [0.1, 0.15) is 48.0 Å². The number of aromatic hydroxyl groups is 1. The van der Waals surface area contributed by atoms with Crippen molar-refractivity contribution < 1.29 is 53.7 Å². The highest BCUT2D eigenvalue weighted by Gasteiger charge is 2.37. The van der Waals surface area contributed by atoms with Gasteiger partial charge in [0, 0.05) is 48.5 Å². The highest BCUT2D eigenvalue weighted by Crippen LogP contribution is 2.20. The minimum Gasteiger partial charge on any atom is -0.508 e. The summed E-state index contributed by atoms with van der Waals surface area (Å²) in [6.07, 6.45) is -0.656. The molecule has 4 rings (SSSR count). The van der Waals surface area contributed by atoms with Crippen molar-refractivity contribution in [3.8, 4) is 5.75 Å². The Labute approximate surface area is 439 Å². The van der Waals surface area contributed by atoms with Crippen LogP contribution in [0.15, 0.2) is 85.1 Å². The van der Waals surface area contributed by atoms with E-state index in [-0.39, 0.29) is 49.5 Å². The number of hydrogen-bond donors (Lipinski definition) is 15. The Morgan fingerprint density at radius 1 is 0.622 bits per heavy atom. The number of thiol groups is 2. The van der Waals surface area contributed by atoms with Gasteiger partial charge in [-0.3, -0.25) is 38.4 Å². The van der Waals surface area contributed by atoms with Crippen LogP contribution in [-0.4, -0.2) is 158 Å². The van der Waals surface area contributed by atoms with Crippen molar-refractivity contribution in [1.29, 1.82) is 0 Å². The zero-order chi connectivity index (χ0) is 54.6. The van der Waals surface area contributed by atoms with Crippen LogP contribution >= 0.6 is 25.3 Å². The van der Waals surface area contributed by atoms with Crippen molar-refractivity contribution in [2.45, 2.75) is 113 Å². The minimum absolute atomic E-state index is 0.0190. The van der Waals surface area contributed by atoms with Crippen LogP contribution in [0.1, 0.15) is 49.8 Å². The van der Waals surface area contributed by atoms with Gasteiger partial charge >= 0.3 is 0 Å². The molecule has 0 unspecified atom stereocenters. The molecule has 0 fully saturated rings. The number of nitrogens with zero attached hydrogens (tertiary/aromatic N) is 1. The molecule has 22 nitrogen and oxygen atoms in total. The predicted molar refractivity (Wildman–Crippen MR) is 283 cm³/mol. The zero-order valence-corrected chi connectivity index (χ0v) is 43.2. The number of nitrogens with two attached hydrogens (primary N) is 3. The molecular formula is C50H69N11O11S2. The van der Waals surface area contributed by atoms with E-state index >= 15 is 0 Å². The molecule has 1 heterocycles. The third kappa shape index (κ3) is 17.5. The molecule has 8 amide bonds. The summed E-state index contributed by atoms with van der Waals surface area (Å²) in [5.74, 6) is -7.35. The van der Waals surface area contributed by atoms with Crippen LogP contribution in [0.3, 0.4) is 0 Å². The number of unbranched alkanes of at least 4 members (excludes halogenated alkanes) is 1. The fourth-order valence-electron chi connectivity index (χ4n) is 7.93. The van der Waals surface area contributed by atoms with Crippen LogP contribution in [0.5, 0.6) is 5.75 Å². The Kier molecular flexibility index (Phi) is 23.7. The van der Waals surface area contributed by atoms with E-state index in [0.717, 1.165) is 15.8 Å². The molecule has 1 aromatic heterocycles. The monoisotopic (exact) mass is 1060 g/mol. The Bertz CT molecular complexity index is 2530. The van der Waals surface area contributed by atoms with Crippen molar-refractivity contribution >= 4 is 83.4 Å². The average Bonchev–Trinajstić information content (AvgIpc) is 3.78. The SMILES string of the molecule is C[C@@H](O)[C@H](NC(=O)[C@H](CS)NC(=O)[C@@H](NC(=O)[C@H](CCCCN)NC(=O)[C@@H](Cc1c[nH]c2ccccc12)NC(=O)[C@H](Cc1ccccc1)NC(=O)[C@H](CS)N(C)C(=O)[C@@H](N)Cc1ccc(O)cc1)[C@@H](C)O)C(N)=O. The van der Waals surface area contributed by atoms with Crippen molar-refractivity contribution in [2.24, 2.45) is 17.2 Å². The van der Waals surface area contributed by atoms with E-state index < -0.39 is 108 Å². The summed E-state index contributed by atoms with van der Waals surface area (Å²) < 4.78 is 0. The number of aromatic amines is 1. The van der Waals surface area contributed by atoms with Gasteiger partial charge in [0.2, 0.25) is 47.3 Å². The number of amides is 8. The number of fused-ring (bicyclic) bond motifs is 1. The second-order valence-corrected chi connectivity index (χ2v) is 18.7. The van der Waals surface area contributed by atoms with Gasteiger partial charge in [-0.2, -0.15) is 25.3 Å². The van der Waals surface area contributed by atoms with Gasteiger partial charge in [-0.15, -0.1) is 0 Å². The third-order valence-corrected chi connectivity index (χ3v) is 12.9. The summed E-state index contributed by atoms with van der Waals surface area (Å²) in [7, 11) is 1.39. The molecule has 0 aliphatic heterocycles. The summed E-state index contributed by atoms with van der Waals surface area (Å²) >= 11 is 8.50. The van der Waals surface area contributed by atoms with E-state index in [1.165, 1.54) is 33.0 Å². The molecule has 0 aliphatic rings. The smallest absolute Gasteiger partial charge is 0.245 e. The number of primary amides is 1. The molecule has 0 aliphatic carbocycles. The molecular weight excluding hydrogens is 995 g/mol. The van der Waals surface area contributed by atoms with Crippen LogP contribution in [0.4, 0.5) is 0 Å². The molecule has 3 aromatic carbocycles. The molecule has 24 heteroatoms. The number of phenolic OH excluding ortho intramolecular Hbond substituents is 1. The fraction of sp³-hybridized carbons (Fsp3) is 0.440. The summed E-state index contributed by atoms with van der Waals surface area (Å²) in [6, 6.07) is 11.1. The molecule has 10 atom stereocenters. The topological polar surface area (TPSA) is 367 Å². The number of nitrogens with one attached hydrogen (secondary N) is 7. The highest BCUT2D eigenvalue weighted by molar-refractivity contribution is 7.80. The summed E-state index contributed by atoms with van der Waals surface area (Å²) in [6.45, 7) is 2.66. The third-order valence-electron chi connectivity index (χ3n) is 12.2. The number of benzene rings is 3. The molecule has 0 radical (unpaired) electrons. The average molecular weight is 1060 g/mol. The maximum absolute atomic E-state index is 14.7. The first-order valence-electron chi connectivity index (χ1n) is 24.0. The number of para-hydroxylation sites is 1. The molecule has 16 N–H and O–H groups in total. The van der Waals surface area contributed by atoms with Gasteiger partial charge in [0.05, 0.1) is 18.2 Å². The van der Waals surface area contributed by atoms with E-state index in [0.29, 0.717) is 29.5 Å². The van der Waals surface area contributed by atoms with Gasteiger partial charge in [0.15, 0.2) is 0 Å². The van der Waals surface area contributed by atoms with Crippen LogP contribution in [0.2, 0.25) is 0 Å². The first-order chi connectivity index (χ1) is 35.2. The summed E-state index contributed by atoms with van der Waals surface area (Å²) in [4.78, 5) is 114. The second-order valence-electron chi connectivity index (χ2n) is 17.9. The largest absolute Gasteiger partial charge is 0.508 e. The molecule has 0 saturated carbocycles. The van der Waals surface area contributed by atoms with Crippen molar-refractivity contribution in [3.63, 3.8) is 0 Å². The quantitative estimate of drug-likeness (QED) is 0.0211. The Hall–Kier alpha value is -6.70. The lowest BCUT2D eigenvalue weighted by Gasteiger charge is -2.30. The molecule has 4 aromatic rings. The number of aromatic nitrogens is 1. The Morgan fingerprint density at radius 2 is 1.15 bits per heavy atom. The molecule has 0 bridgehead atoms. The van der Waals surface area contributed by atoms with E-state index in [4.69, 9.17) is 17.2 Å². The number of likely N-dealkylation sites (N-methyl/N-ethyl adjacent to an activating group) is 1. The van der Waals surface area contributed by atoms with E-state index in [9.17, 15) is 53.7 Å². The number of carbonyl (C=O) groups excluding carboxylic acids is 8. The lowest BCUT2D eigenvalue weighted by molar-refractivity contribution is -0.140. The summed E-state index contributed by atoms with van der Waals surface area (Å²) in [5, 5.41) is 46.4. The number of hydrogen-bond acceptors (Lipinski definition) is 15. The molecule has 0 spiro atoms. The highest BCUT2D eigenvalue weighted by atomic mass is 32.1. The summed E-state index contributed by atoms with van der Waals surface area (Å²) in [5.41, 5.74) is 20.0. The van der Waals surface area contributed by atoms with Crippen molar-refractivity contribution in [1.82, 2.24) is 41.8 Å². The van der Waals surface area contributed by atoms with Gasteiger partial charge in [-0.05, 0) is 81.0 Å². The number of aliphatic hydroxyl groups excluding tert-OH is 2. The van der Waals surface area contributed by atoms with Crippen LogP contribution < -0.4 is 49.1 Å². The Balaban J connectivity index is 1.63. The minimum atomic E-state index is -1.70. The number of rotatable bonds is 29. The second kappa shape index (κ2) is 29.3. The molecule has 0 saturated heterocycles. The van der Waals surface area contributed by atoms with Crippen molar-refractivity contribution in [3.05, 3.63) is 102 Å². The molecule has 74 heavy (non-hydrogen) atoms. The van der Waals surface area contributed by atoms with Crippen LogP contribution in [0, 0.1) is 0 Å². The Morgan fingerprint density at radius 3 is 1.74 bits per heavy atom. The van der Waals surface area contributed by atoms with Crippen LogP contribution in [0.25, 0.3) is 10.9 Å². The number of aliphatic hydroxyl groups is 2. The van der Waals surface area contributed by atoms with E-state index in [1.807, 2.05) is 18.2 Å². The van der Waals surface area contributed by atoms with Gasteiger partial charge < -0.3 is 74.3 Å². The van der Waals surface area contributed by atoms with Crippen molar-refractivity contribution in [2.75, 3.05) is 25.1 Å².